The Balaban J connectivity index is -0.0000000667. The molecule has 0 saturated heterocycles. The molecule has 15 heteroatoms. The minimum atomic E-state index is -4.64. The van der Waals surface area contributed by atoms with Gasteiger partial charge in [0, 0.05) is 0 Å². The Morgan fingerprint density at radius 3 is 0.640 bits per heavy atom. The van der Waals surface area contributed by atoms with Crippen molar-refractivity contribution in [2.24, 2.45) is 0 Å². The molecule has 0 heterocycles. The van der Waals surface area contributed by atoms with Gasteiger partial charge in [0.1, 0.15) is 0 Å². The Kier molecular flexibility index (Phi) is 26.7. The summed E-state index contributed by atoms with van der Waals surface area (Å²) in [5.74, 6) is 0. The second-order valence-electron chi connectivity index (χ2n) is 4.16. The first-order chi connectivity index (χ1) is 10.5. The zero-order chi connectivity index (χ0) is 22.1. The summed E-state index contributed by atoms with van der Waals surface area (Å²) in [6.45, 7) is 15.6. The Morgan fingerprint density at radius 1 is 0.600 bits per heavy atom. The van der Waals surface area contributed by atoms with Crippen molar-refractivity contribution in [3.63, 3.8) is 0 Å². The lowest BCUT2D eigenvalue weighted by Gasteiger charge is -1.82. The van der Waals surface area contributed by atoms with Gasteiger partial charge in [-0.3, -0.25) is 0 Å². The lowest BCUT2D eigenvalue weighted by Crippen LogP contribution is -1.66. The third kappa shape index (κ3) is 780. The van der Waals surface area contributed by atoms with Gasteiger partial charge in [-0.25, -0.2) is 13.7 Å². The highest BCUT2D eigenvalue weighted by atomic mass is 31.2. The first-order valence-corrected chi connectivity index (χ1v) is 10.9. The number of hydrogen-bond donors (Lipinski definition) is 9. The molecule has 0 fully saturated rings. The molecule has 0 aromatic carbocycles. The van der Waals surface area contributed by atoms with Crippen LogP contribution in [0.5, 0.6) is 0 Å². The smallest absolute Gasteiger partial charge is 0.303 e. The predicted octanol–water partition coefficient (Wildman–Crippen LogP) is 1.16. The average Bonchev–Trinajstić information content (AvgIpc) is 2.22. The Bertz CT molecular complexity index is 385. The number of rotatable bonds is 2. The Morgan fingerprint density at radius 2 is 0.640 bits per heavy atom. The van der Waals surface area contributed by atoms with Crippen LogP contribution in [0.4, 0.5) is 0 Å². The Labute approximate surface area is 146 Å². The van der Waals surface area contributed by atoms with Crippen molar-refractivity contribution >= 4 is 23.5 Å². The second-order valence-corrected chi connectivity index (χ2v) is 7.24. The van der Waals surface area contributed by atoms with E-state index in [0.29, 0.717) is 0 Å². The van der Waals surface area contributed by atoms with E-state index in [1.165, 1.54) is 11.1 Å². The molecule has 0 aromatic heterocycles. The lowest BCUT2D eigenvalue weighted by atomic mass is 10.3. The molecule has 0 aliphatic carbocycles. The van der Waals surface area contributed by atoms with Gasteiger partial charge < -0.3 is 44.0 Å². The summed E-state index contributed by atoms with van der Waals surface area (Å²) in [4.78, 5) is 64.7. The van der Waals surface area contributed by atoms with Crippen LogP contribution in [0.3, 0.4) is 0 Å². The van der Waals surface area contributed by atoms with Gasteiger partial charge in [-0.15, -0.1) is 13.2 Å². The maximum atomic E-state index is 8.88. The zero-order valence-electron chi connectivity index (χ0n) is 14.4. The van der Waals surface area contributed by atoms with Gasteiger partial charge in [-0.1, -0.05) is 25.0 Å². The maximum absolute atomic E-state index is 8.88. The third-order valence-corrected chi connectivity index (χ3v) is 1.21. The molecule has 0 aromatic rings. The molecule has 0 bridgehead atoms. The molecule has 0 aliphatic heterocycles. The quantitative estimate of drug-likeness (QED) is 0.220. The van der Waals surface area contributed by atoms with Crippen molar-refractivity contribution in [3.05, 3.63) is 24.3 Å². The summed E-state index contributed by atoms with van der Waals surface area (Å²) >= 11 is 0. The van der Waals surface area contributed by atoms with Crippen molar-refractivity contribution in [1.82, 2.24) is 0 Å². The van der Waals surface area contributed by atoms with E-state index in [1.54, 1.807) is 0 Å². The number of hydrogen-bond acceptors (Lipinski definition) is 3. The number of phosphoric acid groups is 3. The fourth-order valence-electron chi connectivity index (χ4n) is 0. The second kappa shape index (κ2) is 18.6. The summed E-state index contributed by atoms with van der Waals surface area (Å²) < 4.78 is 26.6. The third-order valence-electron chi connectivity index (χ3n) is 1.21. The van der Waals surface area contributed by atoms with E-state index in [9.17, 15) is 0 Å². The van der Waals surface area contributed by atoms with Gasteiger partial charge >= 0.3 is 23.5 Å². The maximum Gasteiger partial charge on any atom is 0.466 e. The van der Waals surface area contributed by atoms with Crippen molar-refractivity contribution in [3.8, 4) is 0 Å². The summed E-state index contributed by atoms with van der Waals surface area (Å²) in [6.07, 6.45) is 2.22. The van der Waals surface area contributed by atoms with E-state index in [-0.39, 0.29) is 0 Å². The summed E-state index contributed by atoms with van der Waals surface area (Å²) in [5, 5.41) is 0. The molecule has 0 atom stereocenters. The van der Waals surface area contributed by atoms with Crippen LogP contribution < -0.4 is 0 Å². The largest absolute Gasteiger partial charge is 0.466 e. The topological polar surface area (TPSA) is 233 Å². The highest BCUT2D eigenvalue weighted by Gasteiger charge is 2.01. The van der Waals surface area contributed by atoms with Crippen molar-refractivity contribution < 1.29 is 57.7 Å². The van der Waals surface area contributed by atoms with Crippen LogP contribution in [0.2, 0.25) is 0 Å². The fraction of sp³-hybridized carbons (Fsp3) is 0.600. The SMILES string of the molecule is C=C(C)CC.C=C(C)CC.O=P(O)(O)O.O=P(O)(O)O.O=P(O)(O)O. The van der Waals surface area contributed by atoms with Gasteiger partial charge in [0.25, 0.3) is 0 Å². The van der Waals surface area contributed by atoms with E-state index < -0.39 is 23.5 Å². The van der Waals surface area contributed by atoms with Gasteiger partial charge in [0.2, 0.25) is 0 Å². The minimum absolute atomic E-state index is 1.11. The van der Waals surface area contributed by atoms with Crippen LogP contribution in [-0.2, 0) is 13.7 Å². The standard InChI is InChI=1S/2C5H10.3H3O4P/c2*1-4-5(2)3;3*1-5(2,3)4/h2*2,4H2,1,3H3;3*(H3,1,2,3,4). The summed E-state index contributed by atoms with van der Waals surface area (Å²) in [7, 11) is -13.9. The predicted molar refractivity (Wildman–Crippen MR) is 93.0 cm³/mol. The highest BCUT2D eigenvalue weighted by Crippen LogP contribution is 2.26. The molecule has 156 valence electrons. The fourth-order valence-corrected chi connectivity index (χ4v) is 0. The van der Waals surface area contributed by atoms with Crippen molar-refractivity contribution in [1.29, 1.82) is 0 Å². The van der Waals surface area contributed by atoms with Crippen molar-refractivity contribution in [2.45, 2.75) is 40.5 Å². The highest BCUT2D eigenvalue weighted by molar-refractivity contribution is 7.45. The van der Waals surface area contributed by atoms with Crippen LogP contribution >= 0.6 is 23.5 Å². The lowest BCUT2D eigenvalue weighted by molar-refractivity contribution is 0.272. The van der Waals surface area contributed by atoms with E-state index in [4.69, 9.17) is 57.7 Å². The van der Waals surface area contributed by atoms with Gasteiger partial charge in [0.15, 0.2) is 0 Å². The van der Waals surface area contributed by atoms with E-state index in [2.05, 4.69) is 27.0 Å². The molecule has 12 nitrogen and oxygen atoms in total. The minimum Gasteiger partial charge on any atom is -0.303 e. The van der Waals surface area contributed by atoms with Crippen LogP contribution in [0.15, 0.2) is 24.3 Å². The average molecular weight is 434 g/mol. The molecule has 0 spiro atoms. The first kappa shape index (κ1) is 35.8. The van der Waals surface area contributed by atoms with Crippen LogP contribution in [0.25, 0.3) is 0 Å². The zero-order valence-corrected chi connectivity index (χ0v) is 17.1. The molecule has 0 amide bonds. The monoisotopic (exact) mass is 434 g/mol. The van der Waals surface area contributed by atoms with Crippen LogP contribution in [0, 0.1) is 0 Å². The van der Waals surface area contributed by atoms with E-state index >= 15 is 0 Å². The van der Waals surface area contributed by atoms with Crippen molar-refractivity contribution in [2.75, 3.05) is 0 Å². The summed E-state index contributed by atoms with van der Waals surface area (Å²) in [5.41, 5.74) is 2.51. The molecular weight excluding hydrogens is 405 g/mol. The molecule has 25 heavy (non-hydrogen) atoms. The molecule has 0 rings (SSSR count). The molecule has 0 unspecified atom stereocenters. The molecule has 9 N–H and O–H groups in total. The number of allylic oxidation sites excluding steroid dienone is 2. The van der Waals surface area contributed by atoms with Gasteiger partial charge in [0.05, 0.1) is 0 Å². The molecular formula is C10H29O12P3. The molecule has 0 aliphatic rings. The normalized spacial score (nSPS) is 10.1. The van der Waals surface area contributed by atoms with Crippen LogP contribution in [-0.4, -0.2) is 44.0 Å². The molecule has 0 saturated carbocycles. The summed E-state index contributed by atoms with van der Waals surface area (Å²) in [6, 6.07) is 0. The van der Waals surface area contributed by atoms with E-state index in [0.717, 1.165) is 12.8 Å². The first-order valence-electron chi connectivity index (χ1n) is 6.18. The van der Waals surface area contributed by atoms with Crippen LogP contribution in [0.1, 0.15) is 40.5 Å². The van der Waals surface area contributed by atoms with E-state index in [1.807, 2.05) is 13.8 Å². The van der Waals surface area contributed by atoms with Gasteiger partial charge in [-0.05, 0) is 26.7 Å². The Hall–Kier alpha value is -0.190. The molecule has 0 radical (unpaired) electrons. The van der Waals surface area contributed by atoms with Gasteiger partial charge in [-0.2, -0.15) is 0 Å².